The van der Waals surface area contributed by atoms with Crippen LogP contribution in [0.3, 0.4) is 0 Å². The van der Waals surface area contributed by atoms with E-state index in [1.807, 2.05) is 0 Å². The molecule has 0 aliphatic rings. The lowest BCUT2D eigenvalue weighted by molar-refractivity contribution is 1.25. The molecule has 10 heavy (non-hydrogen) atoms. The van der Waals surface area contributed by atoms with Crippen molar-refractivity contribution in [1.82, 2.24) is 0 Å². The van der Waals surface area contributed by atoms with Crippen LogP contribution in [-0.4, -0.2) is 13.3 Å². The average Bonchev–Trinajstić information content (AvgIpc) is 1.97. The van der Waals surface area contributed by atoms with Gasteiger partial charge in [-0.05, 0) is 38.3 Å². The van der Waals surface area contributed by atoms with Gasteiger partial charge in [-0.2, -0.15) is 0 Å². The summed E-state index contributed by atoms with van der Waals surface area (Å²) >= 11 is 0. The van der Waals surface area contributed by atoms with Crippen LogP contribution in [0.5, 0.6) is 0 Å². The Labute approximate surface area is 65.2 Å². The van der Waals surface area contributed by atoms with E-state index in [-0.39, 0.29) is 0 Å². The molecule has 0 bridgehead atoms. The first-order valence-electron chi connectivity index (χ1n) is 3.34. The Bertz CT molecular complexity index is 291. The summed E-state index contributed by atoms with van der Waals surface area (Å²) in [5.41, 5.74) is 3.04. The van der Waals surface area contributed by atoms with E-state index in [0.717, 1.165) is 0 Å². The van der Waals surface area contributed by atoms with Gasteiger partial charge in [-0.1, -0.05) is 16.4 Å². The van der Waals surface area contributed by atoms with E-state index >= 15 is 0 Å². The van der Waals surface area contributed by atoms with Crippen LogP contribution in [0, 0.1) is 23.7 Å². The predicted molar refractivity (Wildman–Crippen MR) is 50.5 cm³/mol. The number of hydrogen-bond donors (Lipinski definition) is 0. The maximum Gasteiger partial charge on any atom is 0.0124 e. The second kappa shape index (κ2) is 2.99. The van der Waals surface area contributed by atoms with E-state index < -0.39 is 0 Å². The van der Waals surface area contributed by atoms with Crippen molar-refractivity contribution in [2.24, 2.45) is 0 Å². The third-order valence-electron chi connectivity index (χ3n) is 1.94. The first-order chi connectivity index (χ1) is 4.72. The highest BCUT2D eigenvalue weighted by Gasteiger charge is 2.03. The van der Waals surface area contributed by atoms with E-state index in [0.29, 0.717) is 0 Å². The predicted octanol–water partition coefficient (Wildman–Crippen LogP) is 3.40. The molecule has 0 N–H and O–H groups in total. The van der Waals surface area contributed by atoms with Crippen LogP contribution in [0.15, 0.2) is 0 Å². The van der Waals surface area contributed by atoms with Crippen LogP contribution >= 0.6 is 16.4 Å². The second-order valence-electron chi connectivity index (χ2n) is 2.39. The fourth-order valence-corrected chi connectivity index (χ4v) is 3.56. The zero-order valence-electron chi connectivity index (χ0n) is 6.89. The summed E-state index contributed by atoms with van der Waals surface area (Å²) < 4.78 is 0. The quantitative estimate of drug-likeness (QED) is 0.523. The molecule has 0 spiro atoms. The summed E-state index contributed by atoms with van der Waals surface area (Å²) in [7, 11) is 2.86. The van der Waals surface area contributed by atoms with E-state index in [9.17, 15) is 0 Å². The molecule has 0 aliphatic carbocycles. The van der Waals surface area contributed by atoms with Crippen LogP contribution < -0.4 is 0 Å². The Balaban J connectivity index is 3.46. The molecule has 0 aliphatic heterocycles. The van der Waals surface area contributed by atoms with Crippen molar-refractivity contribution in [3.8, 4) is 0 Å². The SMILES string of the molecule is CP=c1c(C)c(C)c1=PC. The first-order valence-corrected chi connectivity index (χ1v) is 6.02. The molecule has 0 amide bonds. The van der Waals surface area contributed by atoms with Crippen molar-refractivity contribution in [2.75, 3.05) is 13.3 Å². The van der Waals surface area contributed by atoms with Crippen LogP contribution in [-0.2, 0) is 0 Å². The van der Waals surface area contributed by atoms with Crippen molar-refractivity contribution >= 4 is 16.4 Å². The molecule has 0 radical (unpaired) electrons. The maximum absolute atomic E-state index is 2.22. The lowest BCUT2D eigenvalue weighted by Crippen LogP contribution is -1.90. The fraction of sp³-hybridized carbons (Fsp3) is 0.500. The van der Waals surface area contributed by atoms with Gasteiger partial charge in [0.25, 0.3) is 0 Å². The molecule has 0 heterocycles. The zero-order valence-corrected chi connectivity index (χ0v) is 8.68. The van der Waals surface area contributed by atoms with Crippen molar-refractivity contribution in [1.29, 1.82) is 0 Å². The molecule has 54 valence electrons. The maximum atomic E-state index is 2.22. The van der Waals surface area contributed by atoms with Crippen LogP contribution in [0.2, 0.25) is 0 Å². The van der Waals surface area contributed by atoms with Gasteiger partial charge in [0.05, 0.1) is 0 Å². The molecule has 0 atom stereocenters. The van der Waals surface area contributed by atoms with Crippen LogP contribution in [0.4, 0.5) is 0 Å². The minimum Gasteiger partial charge on any atom is -0.0987 e. The Morgan fingerprint density at radius 1 is 0.800 bits per heavy atom. The Morgan fingerprint density at radius 3 is 1.30 bits per heavy atom. The molecule has 1 aromatic carbocycles. The van der Waals surface area contributed by atoms with E-state index in [1.54, 1.807) is 9.88 Å². The highest BCUT2D eigenvalue weighted by atomic mass is 31.1. The van der Waals surface area contributed by atoms with Crippen molar-refractivity contribution < 1.29 is 0 Å². The Kier molecular flexibility index (Phi) is 2.45. The smallest absolute Gasteiger partial charge is 0.0124 e. The summed E-state index contributed by atoms with van der Waals surface area (Å²) in [6, 6.07) is 0. The third kappa shape index (κ3) is 1.00. The van der Waals surface area contributed by atoms with Gasteiger partial charge in [-0.3, -0.25) is 0 Å². The molecule has 0 nitrogen and oxygen atoms in total. The topological polar surface area (TPSA) is 0 Å². The van der Waals surface area contributed by atoms with Gasteiger partial charge in [0.15, 0.2) is 0 Å². The molecule has 2 heteroatoms. The highest BCUT2D eigenvalue weighted by molar-refractivity contribution is 7.31. The molecule has 1 aromatic rings. The second-order valence-corrected chi connectivity index (χ2v) is 4.18. The van der Waals surface area contributed by atoms with Crippen LogP contribution in [0.25, 0.3) is 0 Å². The zero-order chi connectivity index (χ0) is 7.72. The lowest BCUT2D eigenvalue weighted by Gasteiger charge is -2.06. The summed E-state index contributed by atoms with van der Waals surface area (Å²) in [5, 5.41) is 0. The minimum atomic E-state index is 1.43. The minimum absolute atomic E-state index is 1.43. The third-order valence-corrected chi connectivity index (χ3v) is 4.13. The van der Waals surface area contributed by atoms with Gasteiger partial charge in [0.2, 0.25) is 0 Å². The van der Waals surface area contributed by atoms with Gasteiger partial charge in [-0.15, -0.1) is 0 Å². The molecular formula is C8H12P2. The average molecular weight is 170 g/mol. The van der Waals surface area contributed by atoms with Crippen molar-refractivity contribution in [3.63, 3.8) is 0 Å². The number of rotatable bonds is 0. The molecule has 0 saturated carbocycles. The van der Waals surface area contributed by atoms with Gasteiger partial charge >= 0.3 is 0 Å². The standard InChI is InChI=1S/C8H12P2/c1-5-6(2)8(10-4)7(5)9-3/h1-4H3. The molecule has 0 fully saturated rings. The van der Waals surface area contributed by atoms with Crippen LogP contribution in [0.1, 0.15) is 11.1 Å². The van der Waals surface area contributed by atoms with E-state index in [1.165, 1.54) is 27.5 Å². The van der Waals surface area contributed by atoms with E-state index in [4.69, 9.17) is 0 Å². The first kappa shape index (κ1) is 8.18. The van der Waals surface area contributed by atoms with Gasteiger partial charge in [-0.25, -0.2) is 0 Å². The molecule has 0 aromatic heterocycles. The molecule has 0 unspecified atom stereocenters. The molecule has 0 saturated heterocycles. The largest absolute Gasteiger partial charge is 0.0987 e. The summed E-state index contributed by atoms with van der Waals surface area (Å²) in [5.74, 6) is 0. The van der Waals surface area contributed by atoms with Crippen molar-refractivity contribution in [3.05, 3.63) is 21.0 Å². The fourth-order valence-electron chi connectivity index (χ4n) is 1.20. The molecule has 1 rings (SSSR count). The summed E-state index contributed by atoms with van der Waals surface area (Å²) in [6.07, 6.45) is 0. The van der Waals surface area contributed by atoms with E-state index in [2.05, 4.69) is 27.2 Å². The highest BCUT2D eigenvalue weighted by Crippen LogP contribution is 2.24. The normalized spacial score (nSPS) is 15.2. The monoisotopic (exact) mass is 170 g/mol. The van der Waals surface area contributed by atoms with Gasteiger partial charge in [0, 0.05) is 9.88 Å². The van der Waals surface area contributed by atoms with Gasteiger partial charge in [0.1, 0.15) is 0 Å². The molecular weight excluding hydrogens is 158 g/mol. The number of hydrogen-bond acceptors (Lipinski definition) is 0. The van der Waals surface area contributed by atoms with Gasteiger partial charge < -0.3 is 0 Å². The lowest BCUT2D eigenvalue weighted by atomic mass is 10.1. The summed E-state index contributed by atoms with van der Waals surface area (Å²) in [6.45, 7) is 8.85. The Hall–Kier alpha value is 0.0800. The Morgan fingerprint density at radius 2 is 1.10 bits per heavy atom. The summed E-state index contributed by atoms with van der Waals surface area (Å²) in [4.78, 5) is 3.14. The van der Waals surface area contributed by atoms with Crippen molar-refractivity contribution in [2.45, 2.75) is 13.8 Å².